The Kier molecular flexibility index (Phi) is 14.4. The first-order valence-electron chi connectivity index (χ1n) is 12.9. The lowest BCUT2D eigenvalue weighted by atomic mass is 10.0. The summed E-state index contributed by atoms with van der Waals surface area (Å²) in [5.41, 5.74) is 0.470. The van der Waals surface area contributed by atoms with Crippen molar-refractivity contribution in [3.8, 4) is 11.5 Å². The van der Waals surface area contributed by atoms with Crippen molar-refractivity contribution in [1.29, 1.82) is 0 Å². The minimum atomic E-state index is -0.400. The Balaban J connectivity index is 1.44. The molecule has 0 unspecified atom stereocenters. The molecule has 0 aliphatic carbocycles. The van der Waals surface area contributed by atoms with E-state index in [1.807, 2.05) is 12.1 Å². The third-order valence-corrected chi connectivity index (χ3v) is 6.13. The molecule has 0 N–H and O–H groups in total. The van der Waals surface area contributed by atoms with Gasteiger partial charge in [0.05, 0.1) is 12.2 Å². The van der Waals surface area contributed by atoms with Crippen LogP contribution in [0.5, 0.6) is 11.5 Å². The van der Waals surface area contributed by atoms with Crippen molar-refractivity contribution >= 4 is 17.6 Å². The molecule has 0 heterocycles. The van der Waals surface area contributed by atoms with Crippen LogP contribution < -0.4 is 9.47 Å². The monoisotopic (exact) mass is 472 g/mol. The molecule has 0 saturated heterocycles. The molecule has 0 aliphatic heterocycles. The summed E-state index contributed by atoms with van der Waals surface area (Å²) in [6, 6.07) is 13.8. The molecule has 0 aliphatic rings. The van der Waals surface area contributed by atoms with Gasteiger partial charge >= 0.3 is 5.97 Å². The molecule has 2 aromatic carbocycles. The maximum absolute atomic E-state index is 12.1. The van der Waals surface area contributed by atoms with E-state index >= 15 is 0 Å². The number of halogens is 1. The number of carbonyl (C=O) groups excluding carboxylic acids is 1. The van der Waals surface area contributed by atoms with Gasteiger partial charge in [-0.15, -0.1) is 0 Å². The highest BCUT2D eigenvalue weighted by Gasteiger charge is 2.08. The number of hydrogen-bond donors (Lipinski definition) is 0. The summed E-state index contributed by atoms with van der Waals surface area (Å²) in [4.78, 5) is 12.1. The van der Waals surface area contributed by atoms with Crippen molar-refractivity contribution in [2.45, 2.75) is 96.8 Å². The zero-order valence-corrected chi connectivity index (χ0v) is 21.1. The summed E-state index contributed by atoms with van der Waals surface area (Å²) in [5.74, 6) is 0.900. The van der Waals surface area contributed by atoms with E-state index in [0.717, 1.165) is 18.8 Å². The Hall–Kier alpha value is -2.00. The maximum atomic E-state index is 12.1. The summed E-state index contributed by atoms with van der Waals surface area (Å²) < 4.78 is 11.2. The molecule has 0 bridgehead atoms. The summed E-state index contributed by atoms with van der Waals surface area (Å²) >= 11 is 5.85. The minimum absolute atomic E-state index is 0.400. The van der Waals surface area contributed by atoms with E-state index in [9.17, 15) is 4.79 Å². The molecule has 0 spiro atoms. The van der Waals surface area contributed by atoms with E-state index in [-0.39, 0.29) is 0 Å². The van der Waals surface area contributed by atoms with Gasteiger partial charge in [0.15, 0.2) is 0 Å². The fourth-order valence-electron chi connectivity index (χ4n) is 3.84. The number of rotatable bonds is 18. The number of esters is 1. The molecule has 2 aromatic rings. The van der Waals surface area contributed by atoms with Crippen LogP contribution in [-0.2, 0) is 0 Å². The summed E-state index contributed by atoms with van der Waals surface area (Å²) in [6.07, 6.45) is 18.9. The predicted molar refractivity (Wildman–Crippen MR) is 139 cm³/mol. The SMILES string of the molecule is CCCCCCCCCCCCCCCCOc1ccc(OC(=O)c2ccc(Cl)cc2)cc1. The lowest BCUT2D eigenvalue weighted by Crippen LogP contribution is -2.08. The van der Waals surface area contributed by atoms with Crippen molar-refractivity contribution in [1.82, 2.24) is 0 Å². The molecule has 33 heavy (non-hydrogen) atoms. The molecule has 182 valence electrons. The van der Waals surface area contributed by atoms with Gasteiger partial charge in [-0.2, -0.15) is 0 Å². The first kappa shape index (κ1) is 27.2. The topological polar surface area (TPSA) is 35.5 Å². The van der Waals surface area contributed by atoms with Crippen molar-refractivity contribution in [3.05, 3.63) is 59.1 Å². The average molecular weight is 473 g/mol. The molecule has 0 atom stereocenters. The van der Waals surface area contributed by atoms with Crippen LogP contribution in [-0.4, -0.2) is 12.6 Å². The standard InChI is InChI=1S/C29H41ClO3/c1-2-3-4-5-6-7-8-9-10-11-12-13-14-15-24-32-27-20-22-28(23-21-27)33-29(31)25-16-18-26(30)19-17-25/h16-23H,2-15,24H2,1H3. The zero-order valence-electron chi connectivity index (χ0n) is 20.3. The Morgan fingerprint density at radius 2 is 1.09 bits per heavy atom. The van der Waals surface area contributed by atoms with Gasteiger partial charge in [-0.1, -0.05) is 102 Å². The van der Waals surface area contributed by atoms with E-state index < -0.39 is 5.97 Å². The molecule has 0 radical (unpaired) electrons. The quantitative estimate of drug-likeness (QED) is 0.123. The highest BCUT2D eigenvalue weighted by molar-refractivity contribution is 6.30. The van der Waals surface area contributed by atoms with Gasteiger partial charge < -0.3 is 9.47 Å². The van der Waals surface area contributed by atoms with Crippen LogP contribution in [0.25, 0.3) is 0 Å². The van der Waals surface area contributed by atoms with Gasteiger partial charge in [0.2, 0.25) is 0 Å². The molecule has 0 aromatic heterocycles. The second-order valence-electron chi connectivity index (χ2n) is 8.81. The van der Waals surface area contributed by atoms with Gasteiger partial charge in [-0.3, -0.25) is 0 Å². The van der Waals surface area contributed by atoms with E-state index in [0.29, 0.717) is 16.3 Å². The molecule has 2 rings (SSSR count). The highest BCUT2D eigenvalue weighted by Crippen LogP contribution is 2.20. The molecule has 0 saturated carbocycles. The Labute approximate surface area is 205 Å². The second-order valence-corrected chi connectivity index (χ2v) is 9.25. The number of benzene rings is 2. The third kappa shape index (κ3) is 12.7. The van der Waals surface area contributed by atoms with Crippen LogP contribution in [0.4, 0.5) is 0 Å². The van der Waals surface area contributed by atoms with Crippen molar-refractivity contribution in [3.63, 3.8) is 0 Å². The summed E-state index contributed by atoms with van der Waals surface area (Å²) in [5, 5.41) is 0.590. The fourth-order valence-corrected chi connectivity index (χ4v) is 3.97. The van der Waals surface area contributed by atoms with Crippen molar-refractivity contribution in [2.24, 2.45) is 0 Å². The largest absolute Gasteiger partial charge is 0.494 e. The van der Waals surface area contributed by atoms with Gasteiger partial charge in [-0.25, -0.2) is 4.79 Å². The first-order chi connectivity index (χ1) is 16.2. The van der Waals surface area contributed by atoms with Crippen LogP contribution in [0, 0.1) is 0 Å². The van der Waals surface area contributed by atoms with Crippen LogP contribution in [0.3, 0.4) is 0 Å². The number of unbranched alkanes of at least 4 members (excludes halogenated alkanes) is 13. The molecular weight excluding hydrogens is 432 g/mol. The Morgan fingerprint density at radius 3 is 1.61 bits per heavy atom. The van der Waals surface area contributed by atoms with E-state index in [4.69, 9.17) is 21.1 Å². The zero-order chi connectivity index (χ0) is 23.6. The van der Waals surface area contributed by atoms with E-state index in [1.54, 1.807) is 36.4 Å². The summed E-state index contributed by atoms with van der Waals surface area (Å²) in [7, 11) is 0. The molecular formula is C29H41ClO3. The lowest BCUT2D eigenvalue weighted by Gasteiger charge is -2.08. The van der Waals surface area contributed by atoms with Crippen molar-refractivity contribution in [2.75, 3.05) is 6.61 Å². The van der Waals surface area contributed by atoms with Gasteiger partial charge in [0.1, 0.15) is 11.5 Å². The van der Waals surface area contributed by atoms with Crippen LogP contribution in [0.2, 0.25) is 5.02 Å². The van der Waals surface area contributed by atoms with E-state index in [1.165, 1.54) is 83.5 Å². The van der Waals surface area contributed by atoms with Crippen molar-refractivity contribution < 1.29 is 14.3 Å². The normalized spacial score (nSPS) is 10.8. The average Bonchev–Trinajstić information content (AvgIpc) is 2.83. The second kappa shape index (κ2) is 17.5. The van der Waals surface area contributed by atoms with Gasteiger partial charge in [-0.05, 0) is 55.0 Å². The van der Waals surface area contributed by atoms with Crippen LogP contribution in [0.15, 0.2) is 48.5 Å². The fraction of sp³-hybridized carbons (Fsp3) is 0.552. The highest BCUT2D eigenvalue weighted by atomic mass is 35.5. The smallest absolute Gasteiger partial charge is 0.343 e. The third-order valence-electron chi connectivity index (χ3n) is 5.88. The molecule has 0 amide bonds. The molecule has 3 nitrogen and oxygen atoms in total. The number of ether oxygens (including phenoxy) is 2. The number of hydrogen-bond acceptors (Lipinski definition) is 3. The Morgan fingerprint density at radius 1 is 0.636 bits per heavy atom. The summed E-state index contributed by atoms with van der Waals surface area (Å²) in [6.45, 7) is 3.00. The predicted octanol–water partition coefficient (Wildman–Crippen LogP) is 9.42. The number of carbonyl (C=O) groups is 1. The molecule has 0 fully saturated rings. The maximum Gasteiger partial charge on any atom is 0.343 e. The van der Waals surface area contributed by atoms with Crippen LogP contribution >= 0.6 is 11.6 Å². The van der Waals surface area contributed by atoms with E-state index in [2.05, 4.69) is 6.92 Å². The van der Waals surface area contributed by atoms with Gasteiger partial charge in [0, 0.05) is 5.02 Å². The van der Waals surface area contributed by atoms with Gasteiger partial charge in [0.25, 0.3) is 0 Å². The minimum Gasteiger partial charge on any atom is -0.494 e. The first-order valence-corrected chi connectivity index (χ1v) is 13.3. The van der Waals surface area contributed by atoms with Crippen LogP contribution in [0.1, 0.15) is 107 Å². The Bertz CT molecular complexity index is 755. The molecule has 4 heteroatoms. The lowest BCUT2D eigenvalue weighted by molar-refractivity contribution is 0.0734.